The van der Waals surface area contributed by atoms with E-state index in [4.69, 9.17) is 0 Å². The van der Waals surface area contributed by atoms with E-state index in [9.17, 15) is 4.79 Å². The Labute approximate surface area is 98.3 Å². The molecule has 0 aromatic carbocycles. The third kappa shape index (κ3) is 1.62. The zero-order valence-electron chi connectivity index (χ0n) is 8.64. The van der Waals surface area contributed by atoms with E-state index >= 15 is 0 Å². The lowest BCUT2D eigenvalue weighted by atomic mass is 10.2. The van der Waals surface area contributed by atoms with Gasteiger partial charge in [-0.25, -0.2) is 9.78 Å². The summed E-state index contributed by atoms with van der Waals surface area (Å²) in [5, 5.41) is 3.26. The fraction of sp³-hybridized carbons (Fsp3) is 0.400. The van der Waals surface area contributed by atoms with Crippen molar-refractivity contribution in [1.29, 1.82) is 0 Å². The molecule has 0 spiro atoms. The van der Waals surface area contributed by atoms with Crippen LogP contribution >= 0.6 is 12.4 Å². The number of rotatable bonds is 1. The van der Waals surface area contributed by atoms with Gasteiger partial charge in [-0.15, -0.1) is 12.4 Å². The van der Waals surface area contributed by atoms with Gasteiger partial charge in [0.15, 0.2) is 5.65 Å². The van der Waals surface area contributed by atoms with Crippen LogP contribution in [0.4, 0.5) is 0 Å². The van der Waals surface area contributed by atoms with Gasteiger partial charge in [-0.05, 0) is 25.1 Å². The molecule has 0 aliphatic carbocycles. The number of nitrogens with one attached hydrogen (secondary N) is 2. The molecule has 1 unspecified atom stereocenters. The lowest BCUT2D eigenvalue weighted by Crippen LogP contribution is -2.23. The molecule has 0 bridgehead atoms. The first kappa shape index (κ1) is 11.2. The Morgan fingerprint density at radius 2 is 2.38 bits per heavy atom. The summed E-state index contributed by atoms with van der Waals surface area (Å²) in [6.45, 7) is 1.84. The highest BCUT2D eigenvalue weighted by Gasteiger charge is 2.20. The number of hydrogen-bond donors (Lipinski definition) is 2. The van der Waals surface area contributed by atoms with E-state index in [0.717, 1.165) is 25.0 Å². The molecule has 1 fully saturated rings. The van der Waals surface area contributed by atoms with Gasteiger partial charge in [-0.1, -0.05) is 0 Å². The van der Waals surface area contributed by atoms with Crippen molar-refractivity contribution in [3.63, 3.8) is 0 Å². The molecule has 3 rings (SSSR count). The quantitative estimate of drug-likeness (QED) is 0.771. The zero-order chi connectivity index (χ0) is 10.3. The first-order valence-electron chi connectivity index (χ1n) is 5.12. The first-order chi connectivity index (χ1) is 7.36. The summed E-state index contributed by atoms with van der Waals surface area (Å²) in [7, 11) is 0. The van der Waals surface area contributed by atoms with E-state index in [1.807, 2.05) is 16.7 Å². The Morgan fingerprint density at radius 1 is 1.50 bits per heavy atom. The standard InChI is InChI=1S/C10H12N4O.ClH/c15-10-13-9-8(2-1-4-12-9)14(10)7-3-5-11-6-7;/h1-2,4,7,11H,3,5-6H2,(H,12,13,15);1H. The van der Waals surface area contributed by atoms with E-state index in [-0.39, 0.29) is 24.1 Å². The van der Waals surface area contributed by atoms with Gasteiger partial charge in [0.1, 0.15) is 0 Å². The molecule has 2 aromatic heterocycles. The van der Waals surface area contributed by atoms with Crippen LogP contribution in [-0.4, -0.2) is 27.6 Å². The van der Waals surface area contributed by atoms with Crippen LogP contribution in [0.5, 0.6) is 0 Å². The zero-order valence-corrected chi connectivity index (χ0v) is 9.46. The largest absolute Gasteiger partial charge is 0.327 e. The smallest absolute Gasteiger partial charge is 0.315 e. The van der Waals surface area contributed by atoms with Crippen molar-refractivity contribution < 1.29 is 0 Å². The van der Waals surface area contributed by atoms with Crippen LogP contribution in [0, 0.1) is 0 Å². The average molecular weight is 241 g/mol. The van der Waals surface area contributed by atoms with Crippen LogP contribution in [0.2, 0.25) is 0 Å². The predicted octanol–water partition coefficient (Wildman–Crippen LogP) is 0.681. The number of fused-ring (bicyclic) bond motifs is 1. The van der Waals surface area contributed by atoms with E-state index in [1.165, 1.54) is 0 Å². The number of halogens is 1. The molecule has 86 valence electrons. The van der Waals surface area contributed by atoms with Gasteiger partial charge in [-0.3, -0.25) is 9.55 Å². The molecule has 2 aromatic rings. The summed E-state index contributed by atoms with van der Waals surface area (Å²) < 4.78 is 1.81. The fourth-order valence-electron chi connectivity index (χ4n) is 2.18. The van der Waals surface area contributed by atoms with Gasteiger partial charge in [0.05, 0.1) is 11.6 Å². The molecular formula is C10H13ClN4O. The molecule has 0 amide bonds. The number of hydrogen-bond acceptors (Lipinski definition) is 3. The molecule has 1 aliphatic rings. The summed E-state index contributed by atoms with van der Waals surface area (Å²) in [4.78, 5) is 18.7. The second-order valence-corrected chi connectivity index (χ2v) is 3.82. The van der Waals surface area contributed by atoms with Crippen molar-refractivity contribution >= 4 is 23.6 Å². The molecule has 0 saturated carbocycles. The fourth-order valence-corrected chi connectivity index (χ4v) is 2.18. The lowest BCUT2D eigenvalue weighted by Gasteiger charge is -2.09. The van der Waals surface area contributed by atoms with E-state index in [2.05, 4.69) is 15.3 Å². The number of aromatic amines is 1. The van der Waals surface area contributed by atoms with Gasteiger partial charge < -0.3 is 5.32 Å². The van der Waals surface area contributed by atoms with Crippen molar-refractivity contribution in [1.82, 2.24) is 19.9 Å². The second-order valence-electron chi connectivity index (χ2n) is 3.82. The van der Waals surface area contributed by atoms with Gasteiger partial charge in [-0.2, -0.15) is 0 Å². The van der Waals surface area contributed by atoms with Crippen molar-refractivity contribution in [3.05, 3.63) is 28.8 Å². The van der Waals surface area contributed by atoms with E-state index in [1.54, 1.807) is 6.20 Å². The normalized spacial score (nSPS) is 19.9. The molecular weight excluding hydrogens is 228 g/mol. The number of pyridine rings is 1. The SMILES string of the molecule is Cl.O=c1[nH]c2ncccc2n1C1CCNC1. The maximum absolute atomic E-state index is 11.8. The van der Waals surface area contributed by atoms with Gasteiger partial charge >= 0.3 is 5.69 Å². The molecule has 3 heterocycles. The van der Waals surface area contributed by atoms with Gasteiger partial charge in [0.2, 0.25) is 0 Å². The third-order valence-corrected chi connectivity index (χ3v) is 2.89. The maximum Gasteiger partial charge on any atom is 0.327 e. The summed E-state index contributed by atoms with van der Waals surface area (Å²) in [6, 6.07) is 4.04. The molecule has 5 nitrogen and oxygen atoms in total. The van der Waals surface area contributed by atoms with Crippen molar-refractivity contribution in [2.45, 2.75) is 12.5 Å². The van der Waals surface area contributed by atoms with Crippen molar-refractivity contribution in [3.8, 4) is 0 Å². The highest BCUT2D eigenvalue weighted by Crippen LogP contribution is 2.17. The Hall–Kier alpha value is -1.33. The average Bonchev–Trinajstić information content (AvgIpc) is 2.82. The van der Waals surface area contributed by atoms with Crippen LogP contribution in [0.25, 0.3) is 11.2 Å². The van der Waals surface area contributed by atoms with E-state index in [0.29, 0.717) is 5.65 Å². The third-order valence-electron chi connectivity index (χ3n) is 2.89. The molecule has 1 atom stereocenters. The second kappa shape index (κ2) is 4.27. The molecule has 6 heteroatoms. The maximum atomic E-state index is 11.8. The molecule has 2 N–H and O–H groups in total. The van der Waals surface area contributed by atoms with Crippen LogP contribution < -0.4 is 11.0 Å². The van der Waals surface area contributed by atoms with Crippen LogP contribution in [0.15, 0.2) is 23.1 Å². The first-order valence-corrected chi connectivity index (χ1v) is 5.12. The van der Waals surface area contributed by atoms with Crippen molar-refractivity contribution in [2.24, 2.45) is 0 Å². The Morgan fingerprint density at radius 3 is 3.12 bits per heavy atom. The highest BCUT2D eigenvalue weighted by atomic mass is 35.5. The summed E-state index contributed by atoms with van der Waals surface area (Å²) in [5.74, 6) is 0. The van der Waals surface area contributed by atoms with Crippen molar-refractivity contribution in [2.75, 3.05) is 13.1 Å². The summed E-state index contributed by atoms with van der Waals surface area (Å²) in [5.41, 5.74) is 1.52. The summed E-state index contributed by atoms with van der Waals surface area (Å²) >= 11 is 0. The van der Waals surface area contributed by atoms with Gasteiger partial charge in [0.25, 0.3) is 0 Å². The Balaban J connectivity index is 0.000000963. The minimum atomic E-state index is -0.0580. The molecule has 1 saturated heterocycles. The van der Waals surface area contributed by atoms with Crippen LogP contribution in [-0.2, 0) is 0 Å². The minimum absolute atomic E-state index is 0. The molecule has 1 aliphatic heterocycles. The molecule has 16 heavy (non-hydrogen) atoms. The summed E-state index contributed by atoms with van der Waals surface area (Å²) in [6.07, 6.45) is 2.69. The number of imidazole rings is 1. The van der Waals surface area contributed by atoms with E-state index < -0.39 is 0 Å². The van der Waals surface area contributed by atoms with Crippen LogP contribution in [0.3, 0.4) is 0 Å². The lowest BCUT2D eigenvalue weighted by molar-refractivity contribution is 0.546. The molecule has 0 radical (unpaired) electrons. The monoisotopic (exact) mass is 240 g/mol. The number of aromatic nitrogens is 3. The Kier molecular flexibility index (Phi) is 2.98. The van der Waals surface area contributed by atoms with Crippen LogP contribution in [0.1, 0.15) is 12.5 Å². The number of nitrogens with zero attached hydrogens (tertiary/aromatic N) is 2. The number of H-pyrrole nitrogens is 1. The van der Waals surface area contributed by atoms with Gasteiger partial charge in [0, 0.05) is 12.7 Å². The Bertz CT molecular complexity index is 541. The highest BCUT2D eigenvalue weighted by molar-refractivity contribution is 5.85. The predicted molar refractivity (Wildman–Crippen MR) is 64.1 cm³/mol. The topological polar surface area (TPSA) is 62.7 Å². The minimum Gasteiger partial charge on any atom is -0.315 e.